The molecular weight excluding hydrogens is 295 g/mol. The van der Waals surface area contributed by atoms with Gasteiger partial charge in [0.15, 0.2) is 0 Å². The van der Waals surface area contributed by atoms with Crippen LogP contribution in [-0.2, 0) is 14.8 Å². The van der Waals surface area contributed by atoms with Crippen LogP contribution in [0.4, 0.5) is 4.39 Å². The minimum absolute atomic E-state index is 0.273. The van der Waals surface area contributed by atoms with Crippen LogP contribution in [0, 0.1) is 5.82 Å². The third kappa shape index (κ3) is 3.65. The lowest BCUT2D eigenvalue weighted by Crippen LogP contribution is -2.37. The molecule has 1 atom stereocenters. The molecule has 0 heterocycles. The Hall–Kier alpha value is -2.25. The Labute approximate surface area is 121 Å². The Morgan fingerprint density at radius 2 is 1.76 bits per heavy atom. The van der Waals surface area contributed by atoms with Gasteiger partial charge >= 0.3 is 0 Å². The maximum absolute atomic E-state index is 13.1. The third-order valence-corrected chi connectivity index (χ3v) is 4.22. The number of primary amides is 1. The van der Waals surface area contributed by atoms with Crippen molar-refractivity contribution < 1.29 is 17.6 Å². The number of amides is 1. The normalized spacial score (nSPS) is 12.8. The summed E-state index contributed by atoms with van der Waals surface area (Å²) in [6.07, 6.45) is 0. The van der Waals surface area contributed by atoms with Gasteiger partial charge in [0.25, 0.3) is 0 Å². The van der Waals surface area contributed by atoms with Crippen LogP contribution in [0.5, 0.6) is 0 Å². The van der Waals surface area contributed by atoms with Crippen molar-refractivity contribution in [3.8, 4) is 0 Å². The molecule has 110 valence electrons. The maximum Gasteiger partial charge on any atom is 0.241 e. The molecule has 2 rings (SSSR count). The number of rotatable bonds is 5. The summed E-state index contributed by atoms with van der Waals surface area (Å²) >= 11 is 0. The van der Waals surface area contributed by atoms with Crippen molar-refractivity contribution in [2.75, 3.05) is 0 Å². The van der Waals surface area contributed by atoms with Crippen LogP contribution >= 0.6 is 0 Å². The van der Waals surface area contributed by atoms with E-state index in [-0.39, 0.29) is 4.90 Å². The van der Waals surface area contributed by atoms with Gasteiger partial charge in [-0.1, -0.05) is 36.4 Å². The van der Waals surface area contributed by atoms with Gasteiger partial charge in [-0.05, 0) is 23.8 Å². The van der Waals surface area contributed by atoms with Gasteiger partial charge in [0.1, 0.15) is 11.9 Å². The summed E-state index contributed by atoms with van der Waals surface area (Å²) in [5, 5.41) is 0. The van der Waals surface area contributed by atoms with Crippen LogP contribution in [0.1, 0.15) is 11.6 Å². The fourth-order valence-corrected chi connectivity index (χ4v) is 3.02. The van der Waals surface area contributed by atoms with Crippen LogP contribution in [0.15, 0.2) is 59.5 Å². The molecule has 0 unspecified atom stereocenters. The number of sulfonamides is 1. The molecule has 0 aliphatic heterocycles. The molecule has 0 aromatic heterocycles. The summed E-state index contributed by atoms with van der Waals surface area (Å²) in [5.74, 6) is -1.53. The Kier molecular flexibility index (Phi) is 4.35. The van der Waals surface area contributed by atoms with E-state index in [0.29, 0.717) is 5.56 Å². The summed E-state index contributed by atoms with van der Waals surface area (Å²) < 4.78 is 39.7. The zero-order chi connectivity index (χ0) is 15.5. The predicted molar refractivity (Wildman–Crippen MR) is 75.1 cm³/mol. The van der Waals surface area contributed by atoms with E-state index in [1.54, 1.807) is 30.3 Å². The van der Waals surface area contributed by atoms with E-state index in [0.717, 1.165) is 12.1 Å². The number of hydrogen-bond acceptors (Lipinski definition) is 3. The molecule has 0 aliphatic rings. The predicted octanol–water partition coefficient (Wildman–Crippen LogP) is 1.33. The molecule has 0 fully saturated rings. The van der Waals surface area contributed by atoms with Crippen LogP contribution in [0.3, 0.4) is 0 Å². The monoisotopic (exact) mass is 308 g/mol. The molecule has 2 aromatic carbocycles. The van der Waals surface area contributed by atoms with Crippen molar-refractivity contribution >= 4 is 15.9 Å². The topological polar surface area (TPSA) is 89.3 Å². The lowest BCUT2D eigenvalue weighted by atomic mass is 10.1. The number of nitrogens with two attached hydrogens (primary N) is 1. The molecule has 0 spiro atoms. The molecule has 1 amide bonds. The van der Waals surface area contributed by atoms with Gasteiger partial charge in [-0.2, -0.15) is 4.72 Å². The number of halogens is 1. The largest absolute Gasteiger partial charge is 0.368 e. The molecule has 0 bridgehead atoms. The molecule has 5 nitrogen and oxygen atoms in total. The van der Waals surface area contributed by atoms with E-state index in [1.807, 2.05) is 0 Å². The van der Waals surface area contributed by atoms with Crippen molar-refractivity contribution in [1.82, 2.24) is 4.72 Å². The average Bonchev–Trinajstić information content (AvgIpc) is 2.45. The first kappa shape index (κ1) is 15.1. The van der Waals surface area contributed by atoms with Gasteiger partial charge < -0.3 is 5.73 Å². The summed E-state index contributed by atoms with van der Waals surface area (Å²) in [5.41, 5.74) is 5.65. The highest BCUT2D eigenvalue weighted by Crippen LogP contribution is 2.17. The summed E-state index contributed by atoms with van der Waals surface area (Å²) in [4.78, 5) is 11.2. The van der Waals surface area contributed by atoms with Crippen molar-refractivity contribution in [2.24, 2.45) is 5.73 Å². The van der Waals surface area contributed by atoms with Crippen LogP contribution in [0.2, 0.25) is 0 Å². The Bertz CT molecular complexity index is 748. The number of carbonyl (C=O) groups is 1. The number of carbonyl (C=O) groups excluding carboxylic acids is 1. The van der Waals surface area contributed by atoms with Gasteiger partial charge in [-0.3, -0.25) is 4.79 Å². The Morgan fingerprint density at radius 1 is 1.10 bits per heavy atom. The van der Waals surface area contributed by atoms with E-state index < -0.39 is 27.8 Å². The molecule has 7 heteroatoms. The number of benzene rings is 2. The average molecular weight is 308 g/mol. The van der Waals surface area contributed by atoms with Gasteiger partial charge in [0, 0.05) is 0 Å². The maximum atomic E-state index is 13.1. The third-order valence-electron chi connectivity index (χ3n) is 2.80. The van der Waals surface area contributed by atoms with Gasteiger partial charge in [0.05, 0.1) is 4.90 Å². The zero-order valence-electron chi connectivity index (χ0n) is 10.9. The standard InChI is InChI=1S/C14H13FN2O3S/c15-11-7-4-8-12(9-11)21(19,20)17-13(14(16)18)10-5-2-1-3-6-10/h1-9,13,17H,(H2,16,18)/t13-/m1/s1. The molecule has 0 saturated heterocycles. The molecule has 2 aromatic rings. The zero-order valence-corrected chi connectivity index (χ0v) is 11.7. The van der Waals surface area contributed by atoms with Crippen molar-refractivity contribution in [3.63, 3.8) is 0 Å². The van der Waals surface area contributed by atoms with Gasteiger partial charge in [0.2, 0.25) is 15.9 Å². The van der Waals surface area contributed by atoms with Crippen LogP contribution in [-0.4, -0.2) is 14.3 Å². The van der Waals surface area contributed by atoms with Crippen molar-refractivity contribution in [1.29, 1.82) is 0 Å². The highest BCUT2D eigenvalue weighted by Gasteiger charge is 2.25. The van der Waals surface area contributed by atoms with Gasteiger partial charge in [-0.25, -0.2) is 12.8 Å². The van der Waals surface area contributed by atoms with E-state index >= 15 is 0 Å². The van der Waals surface area contributed by atoms with Crippen LogP contribution in [0.25, 0.3) is 0 Å². The van der Waals surface area contributed by atoms with Crippen molar-refractivity contribution in [2.45, 2.75) is 10.9 Å². The highest BCUT2D eigenvalue weighted by atomic mass is 32.2. The second kappa shape index (κ2) is 6.02. The molecule has 0 aliphatic carbocycles. The van der Waals surface area contributed by atoms with Crippen LogP contribution < -0.4 is 10.5 Å². The first-order chi connectivity index (χ1) is 9.90. The number of hydrogen-bond donors (Lipinski definition) is 2. The molecule has 3 N–H and O–H groups in total. The summed E-state index contributed by atoms with van der Waals surface area (Å²) in [7, 11) is -4.07. The van der Waals surface area contributed by atoms with E-state index in [9.17, 15) is 17.6 Å². The van der Waals surface area contributed by atoms with Crippen molar-refractivity contribution in [3.05, 3.63) is 66.0 Å². The second-order valence-corrected chi connectivity index (χ2v) is 6.04. The lowest BCUT2D eigenvalue weighted by Gasteiger charge is -2.16. The minimum Gasteiger partial charge on any atom is -0.368 e. The molecular formula is C14H13FN2O3S. The highest BCUT2D eigenvalue weighted by molar-refractivity contribution is 7.89. The fraction of sp³-hybridized carbons (Fsp3) is 0.0714. The lowest BCUT2D eigenvalue weighted by molar-refractivity contribution is -0.119. The van der Waals surface area contributed by atoms with E-state index in [1.165, 1.54) is 12.1 Å². The van der Waals surface area contributed by atoms with Gasteiger partial charge in [-0.15, -0.1) is 0 Å². The molecule has 0 radical (unpaired) electrons. The number of nitrogens with one attached hydrogen (secondary N) is 1. The SMILES string of the molecule is NC(=O)[C@H](NS(=O)(=O)c1cccc(F)c1)c1ccccc1. The summed E-state index contributed by atoms with van der Waals surface area (Å²) in [6.45, 7) is 0. The Balaban J connectivity index is 2.35. The Morgan fingerprint density at radius 3 is 2.33 bits per heavy atom. The minimum atomic E-state index is -4.07. The smallest absolute Gasteiger partial charge is 0.241 e. The first-order valence-electron chi connectivity index (χ1n) is 6.02. The molecule has 0 saturated carbocycles. The molecule has 21 heavy (non-hydrogen) atoms. The van der Waals surface area contributed by atoms with E-state index in [2.05, 4.69) is 4.72 Å². The first-order valence-corrected chi connectivity index (χ1v) is 7.50. The quantitative estimate of drug-likeness (QED) is 0.873. The van der Waals surface area contributed by atoms with E-state index in [4.69, 9.17) is 5.73 Å². The summed E-state index contributed by atoms with van der Waals surface area (Å²) in [6, 6.07) is 11.5. The second-order valence-electron chi connectivity index (χ2n) is 4.32. The fourth-order valence-electron chi connectivity index (χ4n) is 1.79.